The van der Waals surface area contributed by atoms with Gasteiger partial charge in [-0.1, -0.05) is 0 Å². The van der Waals surface area contributed by atoms with Crippen molar-refractivity contribution in [1.29, 1.82) is 0 Å². The molecule has 1 heterocycles. The summed E-state index contributed by atoms with van der Waals surface area (Å²) in [5.74, 6) is -0.396. The summed E-state index contributed by atoms with van der Waals surface area (Å²) in [4.78, 5) is 10.7. The fourth-order valence-electron chi connectivity index (χ4n) is 0.605. The van der Waals surface area contributed by atoms with Crippen LogP contribution in [0.1, 0.15) is 0 Å². The Kier molecular flexibility index (Phi) is 2.54. The van der Waals surface area contributed by atoms with Gasteiger partial charge in [-0.05, 0) is 0 Å². The minimum atomic E-state index is -4.45. The zero-order chi connectivity index (χ0) is 9.90. The summed E-state index contributed by atoms with van der Waals surface area (Å²) in [7, 11) is 0. The van der Waals surface area contributed by atoms with Gasteiger partial charge in [-0.3, -0.25) is 4.79 Å². The lowest BCUT2D eigenvalue weighted by molar-refractivity contribution is -0.153. The van der Waals surface area contributed by atoms with Crippen molar-refractivity contribution in [3.05, 3.63) is 22.6 Å². The second-order valence-electron chi connectivity index (χ2n) is 2.15. The highest BCUT2D eigenvalue weighted by Crippen LogP contribution is 2.15. The molecule has 0 amide bonds. The predicted molar refractivity (Wildman–Crippen MR) is 36.4 cm³/mol. The summed E-state index contributed by atoms with van der Waals surface area (Å²) in [5.41, 5.74) is -0.785. The van der Waals surface area contributed by atoms with Gasteiger partial charge in [0, 0.05) is 6.07 Å². The van der Waals surface area contributed by atoms with Crippen LogP contribution < -0.4 is 10.3 Å². The number of alkyl halides is 3. The molecule has 0 bridgehead atoms. The van der Waals surface area contributed by atoms with E-state index in [4.69, 9.17) is 0 Å². The first-order valence-electron chi connectivity index (χ1n) is 3.22. The summed E-state index contributed by atoms with van der Waals surface area (Å²) in [6.45, 7) is -1.49. The smallest absolute Gasteiger partial charge is 0.422 e. The van der Waals surface area contributed by atoms with E-state index in [1.807, 2.05) is 5.10 Å². The molecule has 0 saturated carbocycles. The Morgan fingerprint density at radius 3 is 2.77 bits per heavy atom. The van der Waals surface area contributed by atoms with Gasteiger partial charge in [-0.2, -0.15) is 18.3 Å². The van der Waals surface area contributed by atoms with Gasteiger partial charge < -0.3 is 4.74 Å². The number of halogens is 3. The van der Waals surface area contributed by atoms with Gasteiger partial charge in [-0.15, -0.1) is 0 Å². The minimum Gasteiger partial charge on any atom is -0.478 e. The molecule has 1 aromatic rings. The van der Waals surface area contributed by atoms with Crippen LogP contribution in [0, 0.1) is 0 Å². The fourth-order valence-corrected chi connectivity index (χ4v) is 0.605. The van der Waals surface area contributed by atoms with Crippen molar-refractivity contribution in [2.45, 2.75) is 6.18 Å². The topological polar surface area (TPSA) is 55.0 Å². The Bertz CT molecular complexity index is 333. The van der Waals surface area contributed by atoms with E-state index in [1.54, 1.807) is 0 Å². The highest BCUT2D eigenvalue weighted by molar-refractivity contribution is 5.13. The lowest BCUT2D eigenvalue weighted by Crippen LogP contribution is -2.22. The van der Waals surface area contributed by atoms with Gasteiger partial charge in [0.2, 0.25) is 0 Å². The van der Waals surface area contributed by atoms with Crippen LogP contribution in [0.5, 0.6) is 5.75 Å². The summed E-state index contributed by atoms with van der Waals surface area (Å²) < 4.78 is 39.1. The summed E-state index contributed by atoms with van der Waals surface area (Å²) in [6, 6.07) is 1.06. The number of hydrogen-bond donors (Lipinski definition) is 1. The molecule has 0 fully saturated rings. The molecule has 0 unspecified atom stereocenters. The van der Waals surface area contributed by atoms with Crippen LogP contribution in [0.3, 0.4) is 0 Å². The monoisotopic (exact) mass is 194 g/mol. The van der Waals surface area contributed by atoms with Gasteiger partial charge >= 0.3 is 11.7 Å². The SMILES string of the molecule is O=c1[nH]nccc1OCC(F)(F)F. The first-order chi connectivity index (χ1) is 5.99. The minimum absolute atomic E-state index is 0.396. The Morgan fingerprint density at radius 1 is 1.54 bits per heavy atom. The first-order valence-corrected chi connectivity index (χ1v) is 3.22. The number of hydrogen-bond acceptors (Lipinski definition) is 3. The molecule has 0 atom stereocenters. The third-order valence-corrected chi connectivity index (χ3v) is 1.08. The van der Waals surface area contributed by atoms with E-state index in [9.17, 15) is 18.0 Å². The Labute approximate surface area is 70.3 Å². The normalized spacial score (nSPS) is 11.3. The van der Waals surface area contributed by atoms with Crippen LogP contribution in [-0.2, 0) is 0 Å². The van der Waals surface area contributed by atoms with E-state index >= 15 is 0 Å². The zero-order valence-electron chi connectivity index (χ0n) is 6.26. The molecular formula is C6H5F3N2O2. The van der Waals surface area contributed by atoms with E-state index in [2.05, 4.69) is 9.84 Å². The largest absolute Gasteiger partial charge is 0.478 e. The fraction of sp³-hybridized carbons (Fsp3) is 0.333. The molecule has 1 N–H and O–H groups in total. The lowest BCUT2D eigenvalue weighted by Gasteiger charge is -2.06. The molecule has 0 aliphatic heterocycles. The average Bonchev–Trinajstić information content (AvgIpc) is 2.01. The van der Waals surface area contributed by atoms with Crippen molar-refractivity contribution in [3.8, 4) is 5.75 Å². The van der Waals surface area contributed by atoms with Gasteiger partial charge in [-0.25, -0.2) is 5.10 Å². The second-order valence-corrected chi connectivity index (χ2v) is 2.15. The quantitative estimate of drug-likeness (QED) is 0.754. The number of aromatic amines is 1. The van der Waals surface area contributed by atoms with Gasteiger partial charge in [0.15, 0.2) is 12.4 Å². The molecule has 0 spiro atoms. The maximum absolute atomic E-state index is 11.6. The van der Waals surface area contributed by atoms with Gasteiger partial charge in [0.1, 0.15) is 0 Å². The molecule has 0 aliphatic carbocycles. The van der Waals surface area contributed by atoms with E-state index in [1.165, 1.54) is 0 Å². The van der Waals surface area contributed by atoms with Crippen molar-refractivity contribution in [1.82, 2.24) is 10.2 Å². The molecule has 13 heavy (non-hydrogen) atoms. The Balaban J connectivity index is 2.66. The molecule has 0 radical (unpaired) electrons. The van der Waals surface area contributed by atoms with Crippen molar-refractivity contribution in [3.63, 3.8) is 0 Å². The predicted octanol–water partition coefficient (Wildman–Crippen LogP) is 0.711. The summed E-state index contributed by atoms with van der Waals surface area (Å²) in [6.07, 6.45) is -3.32. The second kappa shape index (κ2) is 3.46. The Hall–Kier alpha value is -1.53. The molecular weight excluding hydrogens is 189 g/mol. The van der Waals surface area contributed by atoms with E-state index in [-0.39, 0.29) is 0 Å². The van der Waals surface area contributed by atoms with Crippen LogP contribution in [-0.4, -0.2) is 23.0 Å². The number of aromatic nitrogens is 2. The highest BCUT2D eigenvalue weighted by atomic mass is 19.4. The molecule has 7 heteroatoms. The standard InChI is InChI=1S/C6H5F3N2O2/c7-6(8,9)3-13-4-1-2-10-11-5(4)12/h1-2H,3H2,(H,11,12). The first kappa shape index (κ1) is 9.56. The van der Waals surface area contributed by atoms with E-state index < -0.39 is 24.1 Å². The molecule has 1 rings (SSSR count). The summed E-state index contributed by atoms with van der Waals surface area (Å²) >= 11 is 0. The van der Waals surface area contributed by atoms with Crippen LogP contribution >= 0.6 is 0 Å². The number of nitrogens with one attached hydrogen (secondary N) is 1. The van der Waals surface area contributed by atoms with Crippen molar-refractivity contribution in [2.24, 2.45) is 0 Å². The molecule has 0 saturated heterocycles. The van der Waals surface area contributed by atoms with Gasteiger partial charge in [0.05, 0.1) is 6.20 Å². The molecule has 4 nitrogen and oxygen atoms in total. The molecule has 72 valence electrons. The van der Waals surface area contributed by atoms with Crippen molar-refractivity contribution < 1.29 is 17.9 Å². The van der Waals surface area contributed by atoms with Crippen LogP contribution in [0.25, 0.3) is 0 Å². The third kappa shape index (κ3) is 3.14. The lowest BCUT2D eigenvalue weighted by atomic mass is 10.5. The average molecular weight is 194 g/mol. The molecule has 0 aromatic carbocycles. The van der Waals surface area contributed by atoms with Crippen LogP contribution in [0.4, 0.5) is 13.2 Å². The van der Waals surface area contributed by atoms with Gasteiger partial charge in [0.25, 0.3) is 0 Å². The summed E-state index contributed by atoms with van der Waals surface area (Å²) in [5, 5.41) is 5.23. The molecule has 1 aromatic heterocycles. The van der Waals surface area contributed by atoms with Crippen LogP contribution in [0.15, 0.2) is 17.1 Å². The number of ether oxygens (including phenoxy) is 1. The van der Waals surface area contributed by atoms with Crippen molar-refractivity contribution >= 4 is 0 Å². The number of nitrogens with zero attached hydrogens (tertiary/aromatic N) is 1. The van der Waals surface area contributed by atoms with Crippen molar-refractivity contribution in [2.75, 3.05) is 6.61 Å². The van der Waals surface area contributed by atoms with E-state index in [0.29, 0.717) is 0 Å². The van der Waals surface area contributed by atoms with Crippen LogP contribution in [0.2, 0.25) is 0 Å². The highest BCUT2D eigenvalue weighted by Gasteiger charge is 2.28. The Morgan fingerprint density at radius 2 is 2.23 bits per heavy atom. The third-order valence-electron chi connectivity index (χ3n) is 1.08. The van der Waals surface area contributed by atoms with E-state index in [0.717, 1.165) is 12.3 Å². The molecule has 0 aliphatic rings. The maximum Gasteiger partial charge on any atom is 0.422 e. The number of rotatable bonds is 2. The number of H-pyrrole nitrogens is 1. The maximum atomic E-state index is 11.6. The zero-order valence-corrected chi connectivity index (χ0v) is 6.26.